The third-order valence-electron chi connectivity index (χ3n) is 3.40. The van der Waals surface area contributed by atoms with Gasteiger partial charge in [-0.2, -0.15) is 0 Å². The Kier molecular flexibility index (Phi) is 3.30. The Hall–Kier alpha value is -1.39. The van der Waals surface area contributed by atoms with Crippen LogP contribution in [0.2, 0.25) is 0 Å². The van der Waals surface area contributed by atoms with Gasteiger partial charge in [0.05, 0.1) is 18.8 Å². The van der Waals surface area contributed by atoms with Crippen molar-refractivity contribution in [3.05, 3.63) is 17.3 Å². The molecule has 9 heteroatoms. The first-order valence-corrected chi connectivity index (χ1v) is 6.51. The molecule has 0 aliphatic carbocycles. The van der Waals surface area contributed by atoms with Gasteiger partial charge in [0.25, 0.3) is 0 Å². The maximum absolute atomic E-state index is 10.1. The summed E-state index contributed by atoms with van der Waals surface area (Å²) in [7, 11) is 0. The minimum absolute atomic E-state index is 0.331. The standard InChI is InChI=1S/C11H14N4O4S/c1-4(16)8-6(17)7(18)11(19-8)15-3-14-5-9(15)12-2-13-10(5)20/h2-4,6-8,11,16-18H,1H3,(H,12,13,20)/t4-,6-,7+,8-,11-/m1/s1. The molecule has 2 aromatic rings. The number of hydrogen-bond acceptors (Lipinski definition) is 7. The van der Waals surface area contributed by atoms with Crippen LogP contribution in [-0.2, 0) is 4.74 Å². The average molecular weight is 298 g/mol. The first kappa shape index (κ1) is 13.6. The summed E-state index contributed by atoms with van der Waals surface area (Å²) in [6.07, 6.45) is -2.11. The highest BCUT2D eigenvalue weighted by Crippen LogP contribution is 2.32. The highest BCUT2D eigenvalue weighted by atomic mass is 32.1. The molecule has 1 saturated heterocycles. The van der Waals surface area contributed by atoms with E-state index in [1.54, 1.807) is 0 Å². The number of ether oxygens (including phenoxy) is 1. The van der Waals surface area contributed by atoms with Gasteiger partial charge in [0.2, 0.25) is 0 Å². The van der Waals surface area contributed by atoms with E-state index in [9.17, 15) is 15.3 Å². The minimum Gasteiger partial charge on any atom is -0.391 e. The van der Waals surface area contributed by atoms with Crippen LogP contribution in [0.5, 0.6) is 0 Å². The topological polar surface area (TPSA) is 116 Å². The molecule has 3 heterocycles. The molecule has 2 aromatic heterocycles. The first-order valence-electron chi connectivity index (χ1n) is 6.10. The maximum atomic E-state index is 10.1. The third-order valence-corrected chi connectivity index (χ3v) is 3.70. The predicted octanol–water partition coefficient (Wildman–Crippen LogP) is -0.511. The van der Waals surface area contributed by atoms with Crippen molar-refractivity contribution in [3.8, 4) is 0 Å². The van der Waals surface area contributed by atoms with Gasteiger partial charge in [-0.3, -0.25) is 4.57 Å². The van der Waals surface area contributed by atoms with E-state index in [2.05, 4.69) is 15.0 Å². The Bertz CT molecular complexity index is 684. The van der Waals surface area contributed by atoms with E-state index >= 15 is 0 Å². The van der Waals surface area contributed by atoms with Crippen LogP contribution in [0.3, 0.4) is 0 Å². The lowest BCUT2D eigenvalue weighted by atomic mass is 10.1. The number of nitrogens with one attached hydrogen (secondary N) is 1. The Labute approximate surface area is 118 Å². The molecule has 4 N–H and O–H groups in total. The lowest BCUT2D eigenvalue weighted by Gasteiger charge is -2.17. The summed E-state index contributed by atoms with van der Waals surface area (Å²) in [6.45, 7) is 1.49. The number of imidazole rings is 1. The Balaban J connectivity index is 2.04. The summed E-state index contributed by atoms with van der Waals surface area (Å²) in [4.78, 5) is 10.9. The molecule has 108 valence electrons. The molecule has 8 nitrogen and oxygen atoms in total. The van der Waals surface area contributed by atoms with Crippen molar-refractivity contribution in [3.63, 3.8) is 0 Å². The fourth-order valence-electron chi connectivity index (χ4n) is 2.38. The van der Waals surface area contributed by atoms with Crippen LogP contribution in [0, 0.1) is 4.64 Å². The normalized spacial score (nSPS) is 31.8. The van der Waals surface area contributed by atoms with Crippen LogP contribution >= 0.6 is 12.2 Å². The van der Waals surface area contributed by atoms with Gasteiger partial charge in [0.15, 0.2) is 10.9 Å². The van der Waals surface area contributed by atoms with Crippen molar-refractivity contribution in [1.29, 1.82) is 0 Å². The third kappa shape index (κ3) is 1.95. The molecule has 0 saturated carbocycles. The molecule has 0 amide bonds. The minimum atomic E-state index is -1.18. The second-order valence-corrected chi connectivity index (χ2v) is 5.16. The molecular weight excluding hydrogens is 284 g/mol. The molecular formula is C11H14N4O4S. The number of rotatable bonds is 2. The Morgan fingerprint density at radius 2 is 2.15 bits per heavy atom. The molecule has 1 aliphatic rings. The average Bonchev–Trinajstić information content (AvgIpc) is 2.94. The van der Waals surface area contributed by atoms with Crippen LogP contribution in [0.4, 0.5) is 0 Å². The van der Waals surface area contributed by atoms with Gasteiger partial charge >= 0.3 is 0 Å². The van der Waals surface area contributed by atoms with E-state index in [-0.39, 0.29) is 0 Å². The number of aromatic nitrogens is 4. The fraction of sp³-hybridized carbons (Fsp3) is 0.545. The van der Waals surface area contributed by atoms with Crippen LogP contribution in [0.15, 0.2) is 12.7 Å². The van der Waals surface area contributed by atoms with Gasteiger partial charge in [-0.15, -0.1) is 0 Å². The largest absolute Gasteiger partial charge is 0.391 e. The maximum Gasteiger partial charge on any atom is 0.165 e. The van der Waals surface area contributed by atoms with Gasteiger partial charge in [-0.05, 0) is 6.92 Å². The molecule has 0 spiro atoms. The number of aliphatic hydroxyl groups excluding tert-OH is 3. The zero-order chi connectivity index (χ0) is 14.4. The monoisotopic (exact) mass is 298 g/mol. The second kappa shape index (κ2) is 4.86. The van der Waals surface area contributed by atoms with Crippen LogP contribution in [0.25, 0.3) is 11.2 Å². The quantitative estimate of drug-likeness (QED) is 0.552. The van der Waals surface area contributed by atoms with Crippen LogP contribution < -0.4 is 0 Å². The molecule has 0 bridgehead atoms. The summed E-state index contributed by atoms with van der Waals surface area (Å²) < 4.78 is 7.40. The van der Waals surface area contributed by atoms with Crippen LogP contribution in [0.1, 0.15) is 13.2 Å². The summed E-state index contributed by atoms with van der Waals surface area (Å²) >= 11 is 5.06. The predicted molar refractivity (Wildman–Crippen MR) is 70.3 cm³/mol. The number of hydrogen-bond donors (Lipinski definition) is 4. The smallest absolute Gasteiger partial charge is 0.165 e. The number of nitrogens with zero attached hydrogens (tertiary/aromatic N) is 3. The Morgan fingerprint density at radius 1 is 1.40 bits per heavy atom. The van der Waals surface area contributed by atoms with Gasteiger partial charge in [-0.25, -0.2) is 9.97 Å². The number of H-pyrrole nitrogens is 1. The van der Waals surface area contributed by atoms with Crippen molar-refractivity contribution in [2.24, 2.45) is 0 Å². The van der Waals surface area contributed by atoms with Gasteiger partial charge in [-0.1, -0.05) is 12.2 Å². The second-order valence-electron chi connectivity index (χ2n) is 4.77. The number of fused-ring (bicyclic) bond motifs is 1. The molecule has 20 heavy (non-hydrogen) atoms. The lowest BCUT2D eigenvalue weighted by Crippen LogP contribution is -2.37. The summed E-state index contributed by atoms with van der Waals surface area (Å²) in [5.41, 5.74) is 1.01. The molecule has 0 radical (unpaired) electrons. The SMILES string of the molecule is C[C@@H](O)[C@H]1O[C@@H](n2cnc3c(=S)nc[nH]c32)[C@@H](O)[C@H]1O. The molecule has 0 unspecified atom stereocenters. The van der Waals surface area contributed by atoms with E-state index in [1.807, 2.05) is 0 Å². The lowest BCUT2D eigenvalue weighted by molar-refractivity contribution is -0.0777. The fourth-order valence-corrected chi connectivity index (χ4v) is 2.58. The molecule has 0 aromatic carbocycles. The Morgan fingerprint density at radius 3 is 2.80 bits per heavy atom. The summed E-state index contributed by atoms with van der Waals surface area (Å²) in [6, 6.07) is 0. The van der Waals surface area contributed by atoms with Crippen molar-refractivity contribution in [2.75, 3.05) is 0 Å². The van der Waals surface area contributed by atoms with E-state index in [0.717, 1.165) is 0 Å². The zero-order valence-corrected chi connectivity index (χ0v) is 11.4. The van der Waals surface area contributed by atoms with E-state index in [0.29, 0.717) is 15.8 Å². The van der Waals surface area contributed by atoms with Gasteiger partial charge in [0, 0.05) is 0 Å². The zero-order valence-electron chi connectivity index (χ0n) is 10.5. The summed E-state index contributed by atoms with van der Waals surface area (Å²) in [5, 5.41) is 29.6. The van der Waals surface area contributed by atoms with Gasteiger partial charge < -0.3 is 25.0 Å². The highest BCUT2D eigenvalue weighted by Gasteiger charge is 2.46. The van der Waals surface area contributed by atoms with E-state index < -0.39 is 30.6 Å². The first-order chi connectivity index (χ1) is 9.50. The van der Waals surface area contributed by atoms with E-state index in [4.69, 9.17) is 17.0 Å². The molecule has 1 aliphatic heterocycles. The molecule has 1 fully saturated rings. The van der Waals surface area contributed by atoms with Gasteiger partial charge in [0.1, 0.15) is 29.5 Å². The number of aromatic amines is 1. The molecule has 3 rings (SSSR count). The highest BCUT2D eigenvalue weighted by molar-refractivity contribution is 7.71. The van der Waals surface area contributed by atoms with E-state index in [1.165, 1.54) is 24.1 Å². The van der Waals surface area contributed by atoms with Crippen molar-refractivity contribution in [1.82, 2.24) is 19.5 Å². The van der Waals surface area contributed by atoms with Crippen molar-refractivity contribution in [2.45, 2.75) is 37.6 Å². The van der Waals surface area contributed by atoms with Crippen molar-refractivity contribution < 1.29 is 20.1 Å². The number of aliphatic hydroxyl groups is 3. The van der Waals surface area contributed by atoms with Crippen LogP contribution in [-0.4, -0.2) is 59.3 Å². The summed E-state index contributed by atoms with van der Waals surface area (Å²) in [5.74, 6) is 0. The molecule has 5 atom stereocenters. The van der Waals surface area contributed by atoms with Crippen molar-refractivity contribution >= 4 is 23.4 Å².